The molecule has 0 radical (unpaired) electrons. The highest BCUT2D eigenvalue weighted by Gasteiger charge is 2.31. The number of nitrogens with zero attached hydrogens (tertiary/aromatic N) is 1. The molecule has 0 bridgehead atoms. The van der Waals surface area contributed by atoms with Gasteiger partial charge in [-0.3, -0.25) is 4.79 Å². The summed E-state index contributed by atoms with van der Waals surface area (Å²) in [6.07, 6.45) is 2.17. The summed E-state index contributed by atoms with van der Waals surface area (Å²) < 4.78 is 0. The van der Waals surface area contributed by atoms with E-state index >= 15 is 0 Å². The Hall–Kier alpha value is -1.71. The summed E-state index contributed by atoms with van der Waals surface area (Å²) >= 11 is 0. The molecular weight excluding hydrogens is 204 g/mol. The second-order valence-corrected chi connectivity index (χ2v) is 4.10. The van der Waals surface area contributed by atoms with Crippen LogP contribution in [-0.4, -0.2) is 28.5 Å². The molecule has 4 nitrogen and oxygen atoms in total. The van der Waals surface area contributed by atoms with Crippen molar-refractivity contribution in [1.29, 1.82) is 0 Å². The number of nitrogen functional groups attached to an aromatic ring is 1. The highest BCUT2D eigenvalue weighted by atomic mass is 16.3. The van der Waals surface area contributed by atoms with E-state index in [0.29, 0.717) is 23.8 Å². The van der Waals surface area contributed by atoms with Crippen molar-refractivity contribution in [3.8, 4) is 5.75 Å². The van der Waals surface area contributed by atoms with E-state index in [0.717, 1.165) is 12.8 Å². The highest BCUT2D eigenvalue weighted by molar-refractivity contribution is 5.95. The Morgan fingerprint density at radius 1 is 1.56 bits per heavy atom. The number of anilines is 1. The topological polar surface area (TPSA) is 66.6 Å². The van der Waals surface area contributed by atoms with Crippen molar-refractivity contribution in [2.45, 2.75) is 25.8 Å². The van der Waals surface area contributed by atoms with Crippen LogP contribution in [0.5, 0.6) is 5.75 Å². The van der Waals surface area contributed by atoms with Gasteiger partial charge in [0.1, 0.15) is 5.75 Å². The minimum Gasteiger partial charge on any atom is -0.506 e. The third-order valence-electron chi connectivity index (χ3n) is 2.87. The van der Waals surface area contributed by atoms with Gasteiger partial charge in [-0.25, -0.2) is 0 Å². The van der Waals surface area contributed by atoms with Crippen molar-refractivity contribution in [3.05, 3.63) is 23.8 Å². The van der Waals surface area contributed by atoms with Crippen LogP contribution in [0.25, 0.3) is 0 Å². The Labute approximate surface area is 94.7 Å². The van der Waals surface area contributed by atoms with E-state index in [4.69, 9.17) is 5.73 Å². The summed E-state index contributed by atoms with van der Waals surface area (Å²) in [5, 5.41) is 9.46. The van der Waals surface area contributed by atoms with E-state index in [1.165, 1.54) is 6.07 Å². The van der Waals surface area contributed by atoms with Gasteiger partial charge in [0, 0.05) is 18.2 Å². The Balaban J connectivity index is 2.22. The number of phenols is 1. The highest BCUT2D eigenvalue weighted by Crippen LogP contribution is 2.29. The van der Waals surface area contributed by atoms with Crippen LogP contribution >= 0.6 is 0 Å². The van der Waals surface area contributed by atoms with Gasteiger partial charge in [0.2, 0.25) is 0 Å². The van der Waals surface area contributed by atoms with Crippen LogP contribution in [-0.2, 0) is 0 Å². The van der Waals surface area contributed by atoms with Crippen LogP contribution in [0.1, 0.15) is 30.1 Å². The molecule has 1 aromatic rings. The van der Waals surface area contributed by atoms with E-state index in [-0.39, 0.29) is 11.7 Å². The van der Waals surface area contributed by atoms with Gasteiger partial charge >= 0.3 is 0 Å². The second kappa shape index (κ2) is 4.04. The first-order chi connectivity index (χ1) is 7.63. The average Bonchev–Trinajstić information content (AvgIpc) is 3.07. The molecule has 0 heterocycles. The molecule has 3 N–H and O–H groups in total. The predicted octanol–water partition coefficient (Wildman–Crippen LogP) is 1.60. The van der Waals surface area contributed by atoms with Gasteiger partial charge in [0.25, 0.3) is 5.91 Å². The Kier molecular flexibility index (Phi) is 2.73. The van der Waals surface area contributed by atoms with Crippen molar-refractivity contribution in [3.63, 3.8) is 0 Å². The quantitative estimate of drug-likeness (QED) is 0.600. The van der Waals surface area contributed by atoms with Gasteiger partial charge in [-0.2, -0.15) is 0 Å². The Bertz CT molecular complexity index is 413. The van der Waals surface area contributed by atoms with Gasteiger partial charge in [-0.05, 0) is 38.0 Å². The number of hydrogen-bond donors (Lipinski definition) is 2. The third-order valence-corrected chi connectivity index (χ3v) is 2.87. The van der Waals surface area contributed by atoms with Crippen molar-refractivity contribution in [1.82, 2.24) is 4.90 Å². The van der Waals surface area contributed by atoms with Crippen LogP contribution in [0.3, 0.4) is 0 Å². The molecule has 1 aliphatic carbocycles. The zero-order valence-corrected chi connectivity index (χ0v) is 9.31. The Morgan fingerprint density at radius 3 is 2.75 bits per heavy atom. The van der Waals surface area contributed by atoms with Gasteiger partial charge < -0.3 is 15.7 Å². The second-order valence-electron chi connectivity index (χ2n) is 4.10. The van der Waals surface area contributed by atoms with E-state index in [1.807, 2.05) is 11.8 Å². The first-order valence-electron chi connectivity index (χ1n) is 5.53. The summed E-state index contributed by atoms with van der Waals surface area (Å²) in [6, 6.07) is 5.03. The third kappa shape index (κ3) is 1.96. The van der Waals surface area contributed by atoms with Crippen LogP contribution < -0.4 is 5.73 Å². The molecule has 0 saturated heterocycles. The summed E-state index contributed by atoms with van der Waals surface area (Å²) in [5.41, 5.74) is 6.29. The number of hydrogen-bond acceptors (Lipinski definition) is 3. The molecule has 86 valence electrons. The summed E-state index contributed by atoms with van der Waals surface area (Å²) in [5.74, 6) is -0.0574. The zero-order chi connectivity index (χ0) is 11.7. The molecule has 1 saturated carbocycles. The van der Waals surface area contributed by atoms with E-state index in [2.05, 4.69) is 0 Å². The fourth-order valence-electron chi connectivity index (χ4n) is 1.80. The van der Waals surface area contributed by atoms with Gasteiger partial charge in [0.15, 0.2) is 0 Å². The lowest BCUT2D eigenvalue weighted by Crippen LogP contribution is -2.32. The largest absolute Gasteiger partial charge is 0.506 e. The number of nitrogens with two attached hydrogens (primary N) is 1. The number of aromatic hydroxyl groups is 1. The minimum absolute atomic E-state index is 0.0275. The van der Waals surface area contributed by atoms with E-state index in [1.54, 1.807) is 12.1 Å². The smallest absolute Gasteiger partial charge is 0.254 e. The first-order valence-corrected chi connectivity index (χ1v) is 5.53. The van der Waals surface area contributed by atoms with Crippen LogP contribution in [0.2, 0.25) is 0 Å². The molecule has 1 aliphatic rings. The maximum absolute atomic E-state index is 12.1. The van der Waals surface area contributed by atoms with Crippen LogP contribution in [0.15, 0.2) is 18.2 Å². The molecule has 1 fully saturated rings. The van der Waals surface area contributed by atoms with E-state index < -0.39 is 0 Å². The lowest BCUT2D eigenvalue weighted by atomic mass is 10.1. The van der Waals surface area contributed by atoms with Crippen LogP contribution in [0.4, 0.5) is 5.69 Å². The summed E-state index contributed by atoms with van der Waals surface area (Å²) in [4.78, 5) is 13.9. The Morgan fingerprint density at radius 2 is 2.25 bits per heavy atom. The molecule has 4 heteroatoms. The lowest BCUT2D eigenvalue weighted by molar-refractivity contribution is 0.0752. The standard InChI is InChI=1S/C12H16N2O2/c1-2-14(9-4-5-9)12(16)8-3-6-10(13)11(15)7-8/h3,6-7,9,15H,2,4-5,13H2,1H3. The SMILES string of the molecule is CCN(C(=O)c1ccc(N)c(O)c1)C1CC1. The molecule has 0 aromatic heterocycles. The van der Waals surface area contributed by atoms with Gasteiger partial charge in [-0.15, -0.1) is 0 Å². The van der Waals surface area contributed by atoms with Crippen molar-refractivity contribution < 1.29 is 9.90 Å². The minimum atomic E-state index is -0.0299. The lowest BCUT2D eigenvalue weighted by Gasteiger charge is -2.20. The van der Waals surface area contributed by atoms with Crippen LogP contribution in [0, 0.1) is 0 Å². The molecule has 0 aliphatic heterocycles. The number of amides is 1. The van der Waals surface area contributed by atoms with Crippen molar-refractivity contribution >= 4 is 11.6 Å². The summed E-state index contributed by atoms with van der Waals surface area (Å²) in [7, 11) is 0. The van der Waals surface area contributed by atoms with Gasteiger partial charge in [-0.1, -0.05) is 0 Å². The first kappa shape index (κ1) is 10.8. The average molecular weight is 220 g/mol. The molecular formula is C12H16N2O2. The van der Waals surface area contributed by atoms with E-state index in [9.17, 15) is 9.90 Å². The number of carbonyl (C=O) groups excluding carboxylic acids is 1. The monoisotopic (exact) mass is 220 g/mol. The molecule has 0 unspecified atom stereocenters. The molecule has 2 rings (SSSR count). The van der Waals surface area contributed by atoms with Crippen molar-refractivity contribution in [2.75, 3.05) is 12.3 Å². The fraction of sp³-hybridized carbons (Fsp3) is 0.417. The maximum atomic E-state index is 12.1. The molecule has 0 spiro atoms. The molecule has 16 heavy (non-hydrogen) atoms. The zero-order valence-electron chi connectivity index (χ0n) is 9.31. The number of carbonyl (C=O) groups is 1. The summed E-state index contributed by atoms with van der Waals surface area (Å²) in [6.45, 7) is 2.67. The molecule has 0 atom stereocenters. The molecule has 1 amide bonds. The normalized spacial score (nSPS) is 14.8. The fourth-order valence-corrected chi connectivity index (χ4v) is 1.80. The van der Waals surface area contributed by atoms with Gasteiger partial charge in [0.05, 0.1) is 5.69 Å². The number of phenolic OH excluding ortho intramolecular Hbond substituents is 1. The van der Waals surface area contributed by atoms with Crippen molar-refractivity contribution in [2.24, 2.45) is 0 Å². The predicted molar refractivity (Wildman–Crippen MR) is 62.3 cm³/mol. The number of rotatable bonds is 3. The number of benzene rings is 1. The molecule has 1 aromatic carbocycles. The maximum Gasteiger partial charge on any atom is 0.254 e.